The van der Waals surface area contributed by atoms with E-state index in [1.807, 2.05) is 44.4 Å². The Bertz CT molecular complexity index is 1100. The number of hydrogen-bond donors (Lipinski definition) is 1. The van der Waals surface area contributed by atoms with Gasteiger partial charge in [-0.3, -0.25) is 4.79 Å². The highest BCUT2D eigenvalue weighted by atomic mass is 19.2. The van der Waals surface area contributed by atoms with E-state index in [1.54, 1.807) is 38.1 Å². The Balaban J connectivity index is 2.36. The summed E-state index contributed by atoms with van der Waals surface area (Å²) >= 11 is 0. The van der Waals surface area contributed by atoms with Crippen LogP contribution in [0.25, 0.3) is 11.1 Å². The maximum atomic E-state index is 15.2. The summed E-state index contributed by atoms with van der Waals surface area (Å²) in [6.45, 7) is 3.60. The Labute approximate surface area is 191 Å². The van der Waals surface area contributed by atoms with Gasteiger partial charge in [0.25, 0.3) is 0 Å². The van der Waals surface area contributed by atoms with Crippen LogP contribution in [0.5, 0.6) is 0 Å². The van der Waals surface area contributed by atoms with Crippen LogP contribution in [-0.2, 0) is 10.2 Å². The maximum Gasteiger partial charge on any atom is 0.166 e. The van der Waals surface area contributed by atoms with Gasteiger partial charge in [-0.15, -0.1) is 0 Å². The van der Waals surface area contributed by atoms with Gasteiger partial charge in [0, 0.05) is 24.0 Å². The lowest BCUT2D eigenvalue weighted by molar-refractivity contribution is -0.862. The summed E-state index contributed by atoms with van der Waals surface area (Å²) < 4.78 is 59.1. The largest absolute Gasteiger partial charge is 0.340 e. The number of benzene rings is 3. The molecule has 0 heterocycles. The van der Waals surface area contributed by atoms with Crippen LogP contribution >= 0.6 is 0 Å². The Morgan fingerprint density at radius 2 is 1.39 bits per heavy atom. The number of hydrogen-bond acceptors (Lipinski definition) is 1. The summed E-state index contributed by atoms with van der Waals surface area (Å²) in [5.41, 5.74) is -0.706. The fourth-order valence-electron chi connectivity index (χ4n) is 4.77. The molecule has 0 radical (unpaired) electrons. The van der Waals surface area contributed by atoms with Gasteiger partial charge in [0.05, 0.1) is 26.1 Å². The van der Waals surface area contributed by atoms with Crippen molar-refractivity contribution in [1.29, 1.82) is 0 Å². The fraction of sp³-hybridized carbons (Fsp3) is 0.296. The summed E-state index contributed by atoms with van der Waals surface area (Å²) in [6, 6.07) is 16.4. The summed E-state index contributed by atoms with van der Waals surface area (Å²) in [4.78, 5) is 14.5. The van der Waals surface area contributed by atoms with Crippen molar-refractivity contribution < 1.29 is 27.3 Å². The minimum absolute atomic E-state index is 0.0649. The van der Waals surface area contributed by atoms with Crippen molar-refractivity contribution in [3.8, 4) is 11.1 Å². The first-order valence-corrected chi connectivity index (χ1v) is 11.0. The van der Waals surface area contributed by atoms with E-state index in [1.165, 1.54) is 0 Å². The van der Waals surface area contributed by atoms with E-state index in [4.69, 9.17) is 0 Å². The molecular formula is C27H28F4NO+. The lowest BCUT2D eigenvalue weighted by atomic mass is 9.62. The molecule has 174 valence electrons. The zero-order valence-electron chi connectivity index (χ0n) is 19.2. The van der Waals surface area contributed by atoms with E-state index >= 15 is 8.78 Å². The Morgan fingerprint density at radius 1 is 0.879 bits per heavy atom. The molecule has 1 unspecified atom stereocenters. The first kappa shape index (κ1) is 24.6. The van der Waals surface area contributed by atoms with Crippen LogP contribution in [0.2, 0.25) is 0 Å². The SMILES string of the molecule is CCC(=O)C(c1ccc(-c2ccccc2)cc1)(c1c(F)c(F)cc(F)c1F)[C@H](C)C[NH+](C)C. The molecule has 0 fully saturated rings. The Morgan fingerprint density at radius 3 is 1.88 bits per heavy atom. The molecule has 0 bridgehead atoms. The molecule has 3 rings (SSSR count). The molecule has 2 atom stereocenters. The Kier molecular flexibility index (Phi) is 7.38. The van der Waals surface area contributed by atoms with Gasteiger partial charge in [0.1, 0.15) is 5.78 Å². The third kappa shape index (κ3) is 4.44. The molecule has 1 N–H and O–H groups in total. The molecule has 0 aliphatic heterocycles. The molecule has 6 heteroatoms. The number of Topliss-reactive ketones (excluding diaryl/α,β-unsaturated/α-hetero) is 1. The standard InChI is InChI=1S/C27H27F4NO/c1-5-23(33)27(17(2)16-32(3)4,24-25(30)21(28)15-22(29)26(24)31)20-13-11-19(12-14-20)18-9-7-6-8-10-18/h6-15,17H,5,16H2,1-4H3/p+1/t17-,27?/m1/s1. The average Bonchev–Trinajstić information content (AvgIpc) is 2.80. The molecule has 33 heavy (non-hydrogen) atoms. The first-order chi connectivity index (χ1) is 15.6. The van der Waals surface area contributed by atoms with Crippen molar-refractivity contribution in [3.63, 3.8) is 0 Å². The van der Waals surface area contributed by atoms with Gasteiger partial charge < -0.3 is 4.90 Å². The lowest BCUT2D eigenvalue weighted by Crippen LogP contribution is -3.06. The van der Waals surface area contributed by atoms with Crippen molar-refractivity contribution in [3.05, 3.63) is 95.1 Å². The molecule has 3 aromatic rings. The molecule has 0 aliphatic carbocycles. The summed E-state index contributed by atoms with van der Waals surface area (Å²) in [5, 5.41) is 0. The molecule has 0 aliphatic rings. The van der Waals surface area contributed by atoms with Crippen LogP contribution in [0.3, 0.4) is 0 Å². The zero-order valence-corrected chi connectivity index (χ0v) is 19.2. The number of rotatable bonds is 8. The molecule has 2 nitrogen and oxygen atoms in total. The van der Waals surface area contributed by atoms with Crippen LogP contribution in [-0.4, -0.2) is 26.4 Å². The summed E-state index contributed by atoms with van der Waals surface area (Å²) in [7, 11) is 3.68. The van der Waals surface area contributed by atoms with Crippen LogP contribution in [0, 0.1) is 29.2 Å². The van der Waals surface area contributed by atoms with E-state index in [0.29, 0.717) is 12.1 Å². The van der Waals surface area contributed by atoms with Crippen LogP contribution in [0.15, 0.2) is 60.7 Å². The van der Waals surface area contributed by atoms with E-state index < -0.39 is 45.9 Å². The third-order valence-electron chi connectivity index (χ3n) is 6.17. The van der Waals surface area contributed by atoms with Gasteiger partial charge in [-0.1, -0.05) is 68.4 Å². The van der Waals surface area contributed by atoms with Gasteiger partial charge >= 0.3 is 0 Å². The number of nitrogens with one attached hydrogen (secondary N) is 1. The molecular weight excluding hydrogens is 430 g/mol. The van der Waals surface area contributed by atoms with Crippen molar-refractivity contribution in [2.24, 2.45) is 5.92 Å². The number of carbonyl (C=O) groups excluding carboxylic acids is 1. The molecule has 0 amide bonds. The van der Waals surface area contributed by atoms with Crippen molar-refractivity contribution in [1.82, 2.24) is 0 Å². The molecule has 3 aromatic carbocycles. The topological polar surface area (TPSA) is 21.5 Å². The van der Waals surface area contributed by atoms with Gasteiger partial charge in [0.2, 0.25) is 0 Å². The van der Waals surface area contributed by atoms with Gasteiger partial charge in [0.15, 0.2) is 23.3 Å². The van der Waals surface area contributed by atoms with E-state index in [9.17, 15) is 13.6 Å². The second kappa shape index (κ2) is 9.87. The lowest BCUT2D eigenvalue weighted by Gasteiger charge is -2.39. The molecule has 0 saturated heterocycles. The zero-order chi connectivity index (χ0) is 24.3. The predicted molar refractivity (Wildman–Crippen MR) is 121 cm³/mol. The maximum absolute atomic E-state index is 15.2. The smallest absolute Gasteiger partial charge is 0.166 e. The highest BCUT2D eigenvalue weighted by Crippen LogP contribution is 2.44. The van der Waals surface area contributed by atoms with Gasteiger partial charge in [-0.2, -0.15) is 0 Å². The third-order valence-corrected chi connectivity index (χ3v) is 6.17. The van der Waals surface area contributed by atoms with Crippen molar-refractivity contribution in [2.75, 3.05) is 20.6 Å². The molecule has 0 saturated carbocycles. The van der Waals surface area contributed by atoms with Crippen LogP contribution < -0.4 is 4.90 Å². The second-order valence-corrected chi connectivity index (χ2v) is 8.68. The summed E-state index contributed by atoms with van der Waals surface area (Å²) in [5.74, 6) is -7.30. The van der Waals surface area contributed by atoms with E-state index in [0.717, 1.165) is 16.0 Å². The van der Waals surface area contributed by atoms with Crippen LogP contribution in [0.4, 0.5) is 17.6 Å². The number of halogens is 4. The number of quaternary nitrogens is 1. The van der Waals surface area contributed by atoms with E-state index in [-0.39, 0.29) is 12.5 Å². The molecule has 0 aromatic heterocycles. The van der Waals surface area contributed by atoms with Crippen molar-refractivity contribution in [2.45, 2.75) is 25.7 Å². The second-order valence-electron chi connectivity index (χ2n) is 8.68. The first-order valence-electron chi connectivity index (χ1n) is 11.0. The fourth-order valence-corrected chi connectivity index (χ4v) is 4.77. The van der Waals surface area contributed by atoms with E-state index in [2.05, 4.69) is 0 Å². The summed E-state index contributed by atoms with van der Waals surface area (Å²) in [6.07, 6.45) is -0.0649. The minimum atomic E-state index is -1.90. The van der Waals surface area contributed by atoms with Gasteiger partial charge in [-0.05, 0) is 16.7 Å². The quantitative estimate of drug-likeness (QED) is 0.374. The molecule has 0 spiro atoms. The van der Waals surface area contributed by atoms with Crippen molar-refractivity contribution >= 4 is 5.78 Å². The monoisotopic (exact) mass is 458 g/mol. The highest BCUT2D eigenvalue weighted by molar-refractivity contribution is 5.94. The van der Waals surface area contributed by atoms with Gasteiger partial charge in [-0.25, -0.2) is 17.6 Å². The Hall–Kier alpha value is -2.99. The normalized spacial score (nSPS) is 14.2. The minimum Gasteiger partial charge on any atom is -0.340 e. The number of carbonyl (C=O) groups is 1. The average molecular weight is 459 g/mol. The predicted octanol–water partition coefficient (Wildman–Crippen LogP) is 4.96. The highest BCUT2D eigenvalue weighted by Gasteiger charge is 2.51. The number of ketones is 1. The van der Waals surface area contributed by atoms with Crippen LogP contribution in [0.1, 0.15) is 31.4 Å².